The van der Waals surface area contributed by atoms with E-state index in [0.29, 0.717) is 24.6 Å². The molecule has 1 aliphatic rings. The fraction of sp³-hybridized carbons (Fsp3) is 0.348. The van der Waals surface area contributed by atoms with Crippen LogP contribution in [0.2, 0.25) is 0 Å². The lowest BCUT2D eigenvalue weighted by atomic mass is 10.0. The molecule has 3 rings (SSSR count). The fourth-order valence-electron chi connectivity index (χ4n) is 3.48. The van der Waals surface area contributed by atoms with Gasteiger partial charge in [0.1, 0.15) is 12.4 Å². The van der Waals surface area contributed by atoms with Crippen molar-refractivity contribution in [2.45, 2.75) is 25.4 Å². The van der Waals surface area contributed by atoms with Gasteiger partial charge in [0.25, 0.3) is 0 Å². The van der Waals surface area contributed by atoms with Crippen molar-refractivity contribution in [3.05, 3.63) is 53.8 Å². The summed E-state index contributed by atoms with van der Waals surface area (Å²) < 4.78 is 24.2. The second-order valence-corrected chi connectivity index (χ2v) is 7.07. The molecule has 2 aromatic carbocycles. The molecule has 2 N–H and O–H groups in total. The number of anilines is 1. The number of nitrogens with zero attached hydrogens (tertiary/aromatic N) is 1. The van der Waals surface area contributed by atoms with Crippen LogP contribution in [-0.2, 0) is 6.54 Å². The second-order valence-electron chi connectivity index (χ2n) is 7.07. The van der Waals surface area contributed by atoms with E-state index >= 15 is 0 Å². The number of piperidine rings is 1. The molecule has 1 aliphatic heterocycles. The van der Waals surface area contributed by atoms with Crippen LogP contribution in [0.5, 0.6) is 11.5 Å². The molecule has 1 fully saturated rings. The van der Waals surface area contributed by atoms with E-state index in [0.717, 1.165) is 30.6 Å². The van der Waals surface area contributed by atoms with E-state index in [2.05, 4.69) is 21.5 Å². The van der Waals surface area contributed by atoms with E-state index in [9.17, 15) is 9.18 Å². The molecular weight excluding hydrogens is 385 g/mol. The Morgan fingerprint density at radius 3 is 2.93 bits per heavy atom. The molecule has 0 aromatic heterocycles. The molecule has 158 valence electrons. The summed E-state index contributed by atoms with van der Waals surface area (Å²) in [6.45, 7) is 1.96. The van der Waals surface area contributed by atoms with Gasteiger partial charge in [0.05, 0.1) is 7.11 Å². The van der Waals surface area contributed by atoms with Crippen LogP contribution >= 0.6 is 0 Å². The molecule has 1 heterocycles. The third kappa shape index (κ3) is 5.80. The first-order valence-corrected chi connectivity index (χ1v) is 9.87. The van der Waals surface area contributed by atoms with Gasteiger partial charge in [-0.2, -0.15) is 0 Å². The second kappa shape index (κ2) is 10.4. The third-order valence-corrected chi connectivity index (χ3v) is 4.92. The van der Waals surface area contributed by atoms with E-state index < -0.39 is 0 Å². The first-order valence-electron chi connectivity index (χ1n) is 9.87. The number of hydrogen-bond donors (Lipinski definition) is 2. The standard InChI is InChI=1S/C23H26FN3O3/c1-3-12-30-22-13-17(9-10-21(22)29-2)15-25-23(28)26-19-7-5-11-27(16-19)20-8-4-6-18(24)14-20/h1,4,6,8-10,13-14,19H,5,7,11-12,15-16H2,2H3,(H2,25,26,28). The Labute approximate surface area is 176 Å². The molecule has 7 heteroatoms. The number of nitrogens with one attached hydrogen (secondary N) is 2. The lowest BCUT2D eigenvalue weighted by molar-refractivity contribution is 0.234. The molecule has 0 radical (unpaired) electrons. The number of urea groups is 1. The van der Waals surface area contributed by atoms with Crippen LogP contribution < -0.4 is 25.0 Å². The minimum Gasteiger partial charge on any atom is -0.493 e. The number of methoxy groups -OCH3 is 1. The van der Waals surface area contributed by atoms with Gasteiger partial charge in [-0.3, -0.25) is 0 Å². The van der Waals surface area contributed by atoms with Gasteiger partial charge in [0.15, 0.2) is 11.5 Å². The minimum absolute atomic E-state index is 0.00703. The Balaban J connectivity index is 1.52. The van der Waals surface area contributed by atoms with Crippen LogP contribution in [0.1, 0.15) is 18.4 Å². The van der Waals surface area contributed by atoms with Crippen molar-refractivity contribution in [2.75, 3.05) is 31.7 Å². The SMILES string of the molecule is C#CCOc1cc(CNC(=O)NC2CCCN(c3cccc(F)c3)C2)ccc1OC. The van der Waals surface area contributed by atoms with Crippen LogP contribution in [0.4, 0.5) is 14.9 Å². The molecule has 2 amide bonds. The number of terminal acetylenes is 1. The zero-order chi connectivity index (χ0) is 21.3. The summed E-state index contributed by atoms with van der Waals surface area (Å²) in [6.07, 6.45) is 7.05. The van der Waals surface area contributed by atoms with Gasteiger partial charge in [-0.25, -0.2) is 9.18 Å². The number of ether oxygens (including phenoxy) is 2. The van der Waals surface area contributed by atoms with Gasteiger partial charge in [-0.15, -0.1) is 6.42 Å². The number of rotatable bonds is 7. The van der Waals surface area contributed by atoms with Crippen molar-refractivity contribution < 1.29 is 18.7 Å². The summed E-state index contributed by atoms with van der Waals surface area (Å²) in [5.74, 6) is 3.28. The van der Waals surface area contributed by atoms with Crippen molar-refractivity contribution in [1.29, 1.82) is 0 Å². The van der Waals surface area contributed by atoms with Gasteiger partial charge < -0.3 is 25.0 Å². The van der Waals surface area contributed by atoms with Gasteiger partial charge in [-0.05, 0) is 48.7 Å². The number of hydrogen-bond acceptors (Lipinski definition) is 4. The predicted molar refractivity (Wildman–Crippen MR) is 114 cm³/mol. The smallest absolute Gasteiger partial charge is 0.315 e. The molecular formula is C23H26FN3O3. The average molecular weight is 411 g/mol. The van der Waals surface area contributed by atoms with Crippen LogP contribution in [0.25, 0.3) is 0 Å². The monoisotopic (exact) mass is 411 g/mol. The van der Waals surface area contributed by atoms with Crippen molar-refractivity contribution in [2.24, 2.45) is 0 Å². The maximum absolute atomic E-state index is 13.5. The van der Waals surface area contributed by atoms with E-state index in [1.807, 2.05) is 12.1 Å². The number of halogens is 1. The number of carbonyl (C=O) groups excluding carboxylic acids is 1. The fourth-order valence-corrected chi connectivity index (χ4v) is 3.48. The van der Waals surface area contributed by atoms with E-state index in [-0.39, 0.29) is 24.5 Å². The number of carbonyl (C=O) groups is 1. The highest BCUT2D eigenvalue weighted by atomic mass is 19.1. The van der Waals surface area contributed by atoms with Gasteiger partial charge >= 0.3 is 6.03 Å². The Morgan fingerprint density at radius 1 is 1.30 bits per heavy atom. The summed E-state index contributed by atoms with van der Waals surface area (Å²) in [5, 5.41) is 5.87. The zero-order valence-electron chi connectivity index (χ0n) is 17.0. The van der Waals surface area contributed by atoms with Gasteiger partial charge in [-0.1, -0.05) is 18.1 Å². The number of amides is 2. The maximum atomic E-state index is 13.5. The molecule has 1 unspecified atom stereocenters. The van der Waals surface area contributed by atoms with Gasteiger partial charge in [0.2, 0.25) is 0 Å². The summed E-state index contributed by atoms with van der Waals surface area (Å²) in [6, 6.07) is 11.7. The first kappa shape index (κ1) is 21.3. The third-order valence-electron chi connectivity index (χ3n) is 4.92. The Bertz CT molecular complexity index is 913. The minimum atomic E-state index is -0.259. The summed E-state index contributed by atoms with van der Waals surface area (Å²) >= 11 is 0. The summed E-state index contributed by atoms with van der Waals surface area (Å²) in [4.78, 5) is 14.5. The van der Waals surface area contributed by atoms with E-state index in [4.69, 9.17) is 15.9 Å². The highest BCUT2D eigenvalue weighted by Gasteiger charge is 2.22. The Morgan fingerprint density at radius 2 is 2.17 bits per heavy atom. The van der Waals surface area contributed by atoms with Crippen LogP contribution in [-0.4, -0.2) is 38.9 Å². The largest absolute Gasteiger partial charge is 0.493 e. The highest BCUT2D eigenvalue weighted by Crippen LogP contribution is 2.28. The average Bonchev–Trinajstić information content (AvgIpc) is 2.76. The summed E-state index contributed by atoms with van der Waals surface area (Å²) in [5.41, 5.74) is 1.70. The van der Waals surface area contributed by atoms with Crippen LogP contribution in [0, 0.1) is 18.2 Å². The van der Waals surface area contributed by atoms with Crippen molar-refractivity contribution in [3.8, 4) is 23.8 Å². The Hall–Kier alpha value is -3.40. The van der Waals surface area contributed by atoms with Crippen LogP contribution in [0.3, 0.4) is 0 Å². The zero-order valence-corrected chi connectivity index (χ0v) is 17.0. The van der Waals surface area contributed by atoms with Crippen LogP contribution in [0.15, 0.2) is 42.5 Å². The molecule has 1 saturated heterocycles. The molecule has 30 heavy (non-hydrogen) atoms. The Kier molecular flexibility index (Phi) is 7.39. The first-order chi connectivity index (χ1) is 14.6. The predicted octanol–water partition coefficient (Wildman–Crippen LogP) is 3.31. The van der Waals surface area contributed by atoms with E-state index in [1.54, 1.807) is 25.3 Å². The van der Waals surface area contributed by atoms with Crippen molar-refractivity contribution >= 4 is 11.7 Å². The molecule has 2 aromatic rings. The van der Waals surface area contributed by atoms with Crippen molar-refractivity contribution in [1.82, 2.24) is 10.6 Å². The molecule has 0 aliphatic carbocycles. The molecule has 6 nitrogen and oxygen atoms in total. The van der Waals surface area contributed by atoms with Gasteiger partial charge in [0, 0.05) is 31.4 Å². The molecule has 0 spiro atoms. The quantitative estimate of drug-likeness (QED) is 0.687. The normalized spacial score (nSPS) is 15.8. The van der Waals surface area contributed by atoms with E-state index in [1.165, 1.54) is 12.1 Å². The molecule has 0 saturated carbocycles. The highest BCUT2D eigenvalue weighted by molar-refractivity contribution is 5.74. The lowest BCUT2D eigenvalue weighted by Crippen LogP contribution is -2.50. The lowest BCUT2D eigenvalue weighted by Gasteiger charge is -2.34. The number of benzene rings is 2. The van der Waals surface area contributed by atoms with Crippen molar-refractivity contribution in [3.63, 3.8) is 0 Å². The molecule has 0 bridgehead atoms. The molecule has 1 atom stereocenters. The topological polar surface area (TPSA) is 62.8 Å². The summed E-state index contributed by atoms with van der Waals surface area (Å²) in [7, 11) is 1.56. The maximum Gasteiger partial charge on any atom is 0.315 e.